The van der Waals surface area contributed by atoms with Gasteiger partial charge in [0.05, 0.1) is 33.2 Å². The van der Waals surface area contributed by atoms with Crippen LogP contribution in [0.1, 0.15) is 0 Å². The van der Waals surface area contributed by atoms with E-state index in [2.05, 4.69) is 167 Å². The summed E-state index contributed by atoms with van der Waals surface area (Å²) < 4.78 is 15.3. The van der Waals surface area contributed by atoms with Crippen LogP contribution in [0, 0.1) is 0 Å². The van der Waals surface area contributed by atoms with E-state index in [4.69, 9.17) is 8.83 Å². The summed E-state index contributed by atoms with van der Waals surface area (Å²) in [5.41, 5.74) is 12.4. The molecule has 8 aromatic carbocycles. The summed E-state index contributed by atoms with van der Waals surface area (Å²) in [5.74, 6) is 0. The first-order valence-corrected chi connectivity index (χ1v) is 17.6. The number of hydrogen-bond donors (Lipinski definition) is 0. The molecular formula is C48H30N2O2. The fourth-order valence-corrected chi connectivity index (χ4v) is 8.11. The van der Waals surface area contributed by atoms with E-state index in [9.17, 15) is 0 Å². The maximum Gasteiger partial charge on any atom is 0.137 e. The standard InChI is InChI=1S/C48H30N2O2/c1-3-13-31(14-4-1)32-25-27-39-37(29-32)38-30-34(26-28-40(38)49(39)33-15-5-2-6-16-33)50(41-19-11-23-45-47(41)35-17-7-9-21-43(35)51-45)42-20-12-24-46-48(42)36-18-8-10-22-44(36)52-46/h1-30H. The Labute approximate surface area is 299 Å². The van der Waals surface area contributed by atoms with Gasteiger partial charge in [-0.05, 0) is 90.0 Å². The molecule has 11 rings (SSSR count). The van der Waals surface area contributed by atoms with Gasteiger partial charge < -0.3 is 18.3 Å². The van der Waals surface area contributed by atoms with Crippen molar-refractivity contribution in [1.82, 2.24) is 4.57 Å². The molecule has 0 fully saturated rings. The molecule has 0 bridgehead atoms. The lowest BCUT2D eigenvalue weighted by Gasteiger charge is -2.27. The van der Waals surface area contributed by atoms with Crippen LogP contribution in [-0.2, 0) is 0 Å². The van der Waals surface area contributed by atoms with Crippen LogP contribution in [0.4, 0.5) is 17.1 Å². The Morgan fingerprint density at radius 1 is 0.365 bits per heavy atom. The predicted molar refractivity (Wildman–Crippen MR) is 215 cm³/mol. The zero-order valence-electron chi connectivity index (χ0n) is 28.0. The minimum Gasteiger partial charge on any atom is -0.456 e. The molecule has 0 N–H and O–H groups in total. The van der Waals surface area contributed by atoms with Crippen molar-refractivity contribution >= 4 is 82.7 Å². The first-order valence-electron chi connectivity index (χ1n) is 17.6. The number of benzene rings is 8. The maximum atomic E-state index is 6.44. The minimum absolute atomic E-state index is 0.849. The van der Waals surface area contributed by atoms with Gasteiger partial charge in [-0.2, -0.15) is 0 Å². The molecule has 3 heterocycles. The Morgan fingerprint density at radius 3 is 1.52 bits per heavy atom. The second-order valence-corrected chi connectivity index (χ2v) is 13.3. The number of aromatic nitrogens is 1. The van der Waals surface area contributed by atoms with Gasteiger partial charge in [0.25, 0.3) is 0 Å². The Kier molecular flexibility index (Phi) is 6.22. The van der Waals surface area contributed by atoms with Gasteiger partial charge in [0.1, 0.15) is 22.3 Å². The highest BCUT2D eigenvalue weighted by Crippen LogP contribution is 2.48. The van der Waals surface area contributed by atoms with Gasteiger partial charge >= 0.3 is 0 Å². The Bertz CT molecular complexity index is 3020. The molecule has 52 heavy (non-hydrogen) atoms. The van der Waals surface area contributed by atoms with E-state index in [0.717, 1.165) is 77.7 Å². The molecule has 0 spiro atoms. The largest absolute Gasteiger partial charge is 0.456 e. The molecule has 4 heteroatoms. The molecular weight excluding hydrogens is 637 g/mol. The first kappa shape index (κ1) is 28.8. The quantitative estimate of drug-likeness (QED) is 0.183. The van der Waals surface area contributed by atoms with Crippen LogP contribution in [-0.4, -0.2) is 4.57 Å². The van der Waals surface area contributed by atoms with Gasteiger partial charge in [0, 0.05) is 32.9 Å². The van der Waals surface area contributed by atoms with Gasteiger partial charge in [-0.15, -0.1) is 0 Å². The van der Waals surface area contributed by atoms with Crippen molar-refractivity contribution < 1.29 is 8.83 Å². The lowest BCUT2D eigenvalue weighted by molar-refractivity contribution is 0.668. The van der Waals surface area contributed by atoms with E-state index in [1.165, 1.54) is 21.9 Å². The molecule has 0 amide bonds. The van der Waals surface area contributed by atoms with Crippen molar-refractivity contribution in [2.75, 3.05) is 4.90 Å². The van der Waals surface area contributed by atoms with Crippen molar-refractivity contribution in [3.8, 4) is 16.8 Å². The maximum absolute atomic E-state index is 6.44. The number of hydrogen-bond acceptors (Lipinski definition) is 3. The SMILES string of the molecule is c1ccc(-c2ccc3c(c2)c2cc(N(c4cccc5oc6ccccc6c45)c4cccc5oc6ccccc6c45)ccc2n3-c2ccccc2)cc1. The van der Waals surface area contributed by atoms with E-state index in [0.29, 0.717) is 0 Å². The van der Waals surface area contributed by atoms with Gasteiger partial charge in [-0.1, -0.05) is 103 Å². The summed E-state index contributed by atoms with van der Waals surface area (Å²) in [6.45, 7) is 0. The highest BCUT2D eigenvalue weighted by Gasteiger charge is 2.24. The van der Waals surface area contributed by atoms with Crippen molar-refractivity contribution in [3.63, 3.8) is 0 Å². The molecule has 0 aliphatic carbocycles. The molecule has 0 aliphatic heterocycles. The van der Waals surface area contributed by atoms with Crippen LogP contribution in [0.3, 0.4) is 0 Å². The number of furan rings is 2. The summed E-state index contributed by atoms with van der Waals surface area (Å²) >= 11 is 0. The molecule has 3 aromatic heterocycles. The third-order valence-corrected chi connectivity index (χ3v) is 10.4. The Balaban J connectivity index is 1.25. The van der Waals surface area contributed by atoms with Gasteiger partial charge in [-0.25, -0.2) is 0 Å². The lowest BCUT2D eigenvalue weighted by atomic mass is 10.0. The van der Waals surface area contributed by atoms with Crippen molar-refractivity contribution in [3.05, 3.63) is 182 Å². The zero-order chi connectivity index (χ0) is 34.2. The fourth-order valence-electron chi connectivity index (χ4n) is 8.11. The topological polar surface area (TPSA) is 34.5 Å². The Hall–Kier alpha value is -7.04. The van der Waals surface area contributed by atoms with Gasteiger partial charge in [0.15, 0.2) is 0 Å². The van der Waals surface area contributed by atoms with Crippen LogP contribution in [0.15, 0.2) is 191 Å². The second-order valence-electron chi connectivity index (χ2n) is 13.3. The number of para-hydroxylation sites is 3. The molecule has 0 unspecified atom stereocenters. The Morgan fingerprint density at radius 2 is 0.885 bits per heavy atom. The zero-order valence-corrected chi connectivity index (χ0v) is 28.0. The highest BCUT2D eigenvalue weighted by atomic mass is 16.3. The number of rotatable bonds is 5. The molecule has 4 nitrogen and oxygen atoms in total. The third-order valence-electron chi connectivity index (χ3n) is 10.4. The van der Waals surface area contributed by atoms with E-state index < -0.39 is 0 Å². The summed E-state index contributed by atoms with van der Waals surface area (Å²) in [6, 6.07) is 64.3. The molecule has 244 valence electrons. The van der Waals surface area contributed by atoms with E-state index in [1.54, 1.807) is 0 Å². The van der Waals surface area contributed by atoms with Crippen LogP contribution < -0.4 is 4.90 Å². The normalized spacial score (nSPS) is 11.8. The number of fused-ring (bicyclic) bond motifs is 9. The van der Waals surface area contributed by atoms with E-state index in [1.807, 2.05) is 24.3 Å². The molecule has 0 atom stereocenters. The molecule has 11 aromatic rings. The van der Waals surface area contributed by atoms with E-state index >= 15 is 0 Å². The highest BCUT2D eigenvalue weighted by molar-refractivity contribution is 6.19. The number of nitrogens with zero attached hydrogens (tertiary/aromatic N) is 2. The van der Waals surface area contributed by atoms with Crippen LogP contribution >= 0.6 is 0 Å². The summed E-state index contributed by atoms with van der Waals surface area (Å²) in [7, 11) is 0. The third kappa shape index (κ3) is 4.28. The molecule has 0 saturated heterocycles. The minimum atomic E-state index is 0.849. The van der Waals surface area contributed by atoms with Crippen molar-refractivity contribution in [2.45, 2.75) is 0 Å². The average Bonchev–Trinajstić information content (AvgIpc) is 3.88. The molecule has 0 radical (unpaired) electrons. The molecule has 0 aliphatic rings. The van der Waals surface area contributed by atoms with Crippen molar-refractivity contribution in [2.24, 2.45) is 0 Å². The summed E-state index contributed by atoms with van der Waals surface area (Å²) in [4.78, 5) is 2.39. The lowest BCUT2D eigenvalue weighted by Crippen LogP contribution is -2.10. The molecule has 0 saturated carbocycles. The van der Waals surface area contributed by atoms with Crippen LogP contribution in [0.25, 0.3) is 82.5 Å². The fraction of sp³-hybridized carbons (Fsp3) is 0. The van der Waals surface area contributed by atoms with Gasteiger partial charge in [0.2, 0.25) is 0 Å². The summed E-state index contributed by atoms with van der Waals surface area (Å²) in [5, 5.41) is 6.67. The monoisotopic (exact) mass is 666 g/mol. The number of anilines is 3. The van der Waals surface area contributed by atoms with Crippen molar-refractivity contribution in [1.29, 1.82) is 0 Å². The summed E-state index contributed by atoms with van der Waals surface area (Å²) in [6.07, 6.45) is 0. The van der Waals surface area contributed by atoms with Crippen LogP contribution in [0.2, 0.25) is 0 Å². The van der Waals surface area contributed by atoms with E-state index in [-0.39, 0.29) is 0 Å². The smallest absolute Gasteiger partial charge is 0.137 e. The average molecular weight is 667 g/mol. The van der Waals surface area contributed by atoms with Crippen LogP contribution in [0.5, 0.6) is 0 Å². The van der Waals surface area contributed by atoms with Gasteiger partial charge in [-0.3, -0.25) is 0 Å². The second kappa shape index (κ2) is 11.2. The first-order chi connectivity index (χ1) is 25.8. The predicted octanol–water partition coefficient (Wildman–Crippen LogP) is 13.7.